The molecule has 0 aromatic carbocycles. The van der Waals surface area contributed by atoms with E-state index in [4.69, 9.17) is 4.74 Å². The van der Waals surface area contributed by atoms with Crippen LogP contribution in [0.2, 0.25) is 0 Å². The number of hydrogen-bond acceptors (Lipinski definition) is 3. The molecule has 1 aliphatic carbocycles. The number of allylic oxidation sites excluding steroid dienone is 2. The maximum atomic E-state index is 11.1. The van der Waals surface area contributed by atoms with Crippen LogP contribution in [0.1, 0.15) is 19.8 Å². The number of ketones is 1. The summed E-state index contributed by atoms with van der Waals surface area (Å²) in [5.41, 5.74) is 0. The highest BCUT2D eigenvalue weighted by Gasteiger charge is 2.23. The van der Waals surface area contributed by atoms with Gasteiger partial charge in [0.05, 0.1) is 12.5 Å². The minimum Gasteiger partial charge on any atom is -0.466 e. The van der Waals surface area contributed by atoms with Gasteiger partial charge < -0.3 is 4.74 Å². The Labute approximate surface area is 71.4 Å². The highest BCUT2D eigenvalue weighted by Crippen LogP contribution is 2.17. The van der Waals surface area contributed by atoms with Crippen molar-refractivity contribution in [3.05, 3.63) is 12.2 Å². The normalized spacial score (nSPS) is 22.4. The van der Waals surface area contributed by atoms with Crippen molar-refractivity contribution in [1.82, 2.24) is 0 Å². The van der Waals surface area contributed by atoms with Crippen LogP contribution in [0.3, 0.4) is 0 Å². The summed E-state index contributed by atoms with van der Waals surface area (Å²) in [6, 6.07) is 0. The van der Waals surface area contributed by atoms with Crippen LogP contribution in [0, 0.1) is 5.92 Å². The first-order valence-electron chi connectivity index (χ1n) is 4.10. The van der Waals surface area contributed by atoms with Gasteiger partial charge in [0.2, 0.25) is 0 Å². The summed E-state index contributed by atoms with van der Waals surface area (Å²) in [6.07, 6.45) is 4.18. The summed E-state index contributed by atoms with van der Waals surface area (Å²) >= 11 is 0. The molecule has 0 heterocycles. The number of carbonyl (C=O) groups excluding carboxylic acids is 2. The van der Waals surface area contributed by atoms with Crippen molar-refractivity contribution < 1.29 is 14.3 Å². The second kappa shape index (κ2) is 4.04. The molecule has 1 aliphatic rings. The Morgan fingerprint density at radius 1 is 1.75 bits per heavy atom. The Kier molecular flexibility index (Phi) is 3.02. The lowest BCUT2D eigenvalue weighted by atomic mass is 9.94. The van der Waals surface area contributed by atoms with Crippen molar-refractivity contribution >= 4 is 11.8 Å². The van der Waals surface area contributed by atoms with Gasteiger partial charge >= 0.3 is 5.97 Å². The summed E-state index contributed by atoms with van der Waals surface area (Å²) in [6.45, 7) is 2.14. The van der Waals surface area contributed by atoms with Gasteiger partial charge in [0.15, 0.2) is 5.78 Å². The van der Waals surface area contributed by atoms with E-state index in [0.29, 0.717) is 19.4 Å². The average molecular weight is 168 g/mol. The van der Waals surface area contributed by atoms with Gasteiger partial charge in [0.1, 0.15) is 0 Å². The lowest BCUT2D eigenvalue weighted by Crippen LogP contribution is -2.22. The predicted octanol–water partition coefficient (Wildman–Crippen LogP) is 1.08. The molecule has 0 saturated carbocycles. The second-order valence-electron chi connectivity index (χ2n) is 2.76. The molecule has 0 aromatic heterocycles. The van der Waals surface area contributed by atoms with E-state index in [1.165, 1.54) is 6.08 Å². The van der Waals surface area contributed by atoms with Crippen molar-refractivity contribution in [2.75, 3.05) is 6.61 Å². The topological polar surface area (TPSA) is 43.4 Å². The molecule has 0 N–H and O–H groups in total. The van der Waals surface area contributed by atoms with Crippen LogP contribution in [0.15, 0.2) is 12.2 Å². The van der Waals surface area contributed by atoms with Crippen molar-refractivity contribution in [2.24, 2.45) is 5.92 Å². The van der Waals surface area contributed by atoms with E-state index >= 15 is 0 Å². The van der Waals surface area contributed by atoms with Crippen LogP contribution in [0.5, 0.6) is 0 Å². The van der Waals surface area contributed by atoms with Gasteiger partial charge in [-0.15, -0.1) is 0 Å². The number of esters is 1. The number of carbonyl (C=O) groups is 2. The number of hydrogen-bond donors (Lipinski definition) is 0. The molecular formula is C9H12O3. The fourth-order valence-corrected chi connectivity index (χ4v) is 1.20. The minimum absolute atomic E-state index is 0.0132. The molecule has 66 valence electrons. The molecule has 0 spiro atoms. The van der Waals surface area contributed by atoms with Crippen LogP contribution in [0.4, 0.5) is 0 Å². The Bertz CT molecular complexity index is 218. The lowest BCUT2D eigenvalue weighted by Gasteiger charge is -2.14. The fraction of sp³-hybridized carbons (Fsp3) is 0.556. The molecule has 3 nitrogen and oxygen atoms in total. The second-order valence-corrected chi connectivity index (χ2v) is 2.76. The molecule has 1 rings (SSSR count). The van der Waals surface area contributed by atoms with Gasteiger partial charge in [-0.05, 0) is 19.4 Å². The first-order chi connectivity index (χ1) is 5.74. The molecule has 0 aromatic rings. The first-order valence-corrected chi connectivity index (χ1v) is 4.10. The minimum atomic E-state index is -0.254. The molecule has 0 amide bonds. The Balaban J connectivity index is 2.48. The standard InChI is InChI=1S/C9H12O3/c1-2-12-9(11)7-4-3-5-8(10)6-7/h3,5,7H,2,4,6H2,1H3/t7-/m1/s1. The zero-order valence-electron chi connectivity index (χ0n) is 7.08. The van der Waals surface area contributed by atoms with Crippen LogP contribution in [-0.4, -0.2) is 18.4 Å². The van der Waals surface area contributed by atoms with E-state index in [1.54, 1.807) is 13.0 Å². The van der Waals surface area contributed by atoms with Crippen molar-refractivity contribution in [3.63, 3.8) is 0 Å². The largest absolute Gasteiger partial charge is 0.466 e. The molecule has 1 atom stereocenters. The maximum absolute atomic E-state index is 11.1. The highest BCUT2D eigenvalue weighted by molar-refractivity contribution is 5.93. The molecule has 0 fully saturated rings. The van der Waals surface area contributed by atoms with Crippen molar-refractivity contribution in [3.8, 4) is 0 Å². The van der Waals surface area contributed by atoms with Gasteiger partial charge in [-0.2, -0.15) is 0 Å². The van der Waals surface area contributed by atoms with Gasteiger partial charge in [0.25, 0.3) is 0 Å². The molecule has 0 aliphatic heterocycles. The van der Waals surface area contributed by atoms with E-state index < -0.39 is 0 Å². The quantitative estimate of drug-likeness (QED) is 0.579. The SMILES string of the molecule is CCOC(=O)[C@@H]1CC=CC(=O)C1. The third kappa shape index (κ3) is 2.19. The summed E-state index contributed by atoms with van der Waals surface area (Å²) in [5.74, 6) is -0.489. The lowest BCUT2D eigenvalue weighted by molar-refractivity contribution is -0.149. The molecule has 3 heteroatoms. The van der Waals surface area contributed by atoms with Crippen LogP contribution in [0.25, 0.3) is 0 Å². The fourth-order valence-electron chi connectivity index (χ4n) is 1.20. The van der Waals surface area contributed by atoms with E-state index in [1.807, 2.05) is 0 Å². The third-order valence-electron chi connectivity index (χ3n) is 1.79. The number of rotatable bonds is 2. The van der Waals surface area contributed by atoms with Gasteiger partial charge in [-0.25, -0.2) is 0 Å². The monoisotopic (exact) mass is 168 g/mol. The predicted molar refractivity (Wildman–Crippen MR) is 43.5 cm³/mol. The van der Waals surface area contributed by atoms with E-state index in [2.05, 4.69) is 0 Å². The van der Waals surface area contributed by atoms with E-state index in [9.17, 15) is 9.59 Å². The summed E-state index contributed by atoms with van der Waals surface area (Å²) in [4.78, 5) is 22.0. The Morgan fingerprint density at radius 2 is 2.50 bits per heavy atom. The average Bonchev–Trinajstić information content (AvgIpc) is 2.05. The zero-order valence-corrected chi connectivity index (χ0v) is 7.08. The smallest absolute Gasteiger partial charge is 0.309 e. The molecule has 12 heavy (non-hydrogen) atoms. The van der Waals surface area contributed by atoms with Crippen molar-refractivity contribution in [2.45, 2.75) is 19.8 Å². The third-order valence-corrected chi connectivity index (χ3v) is 1.79. The maximum Gasteiger partial charge on any atom is 0.309 e. The van der Waals surface area contributed by atoms with E-state index in [0.717, 1.165) is 0 Å². The van der Waals surface area contributed by atoms with Crippen LogP contribution >= 0.6 is 0 Å². The van der Waals surface area contributed by atoms with Gasteiger partial charge in [-0.3, -0.25) is 9.59 Å². The first kappa shape index (κ1) is 8.97. The summed E-state index contributed by atoms with van der Waals surface area (Å²) in [7, 11) is 0. The van der Waals surface area contributed by atoms with E-state index in [-0.39, 0.29) is 17.7 Å². The van der Waals surface area contributed by atoms with Crippen LogP contribution < -0.4 is 0 Å². The summed E-state index contributed by atoms with van der Waals surface area (Å²) in [5, 5.41) is 0. The molecule has 0 radical (unpaired) electrons. The molecular weight excluding hydrogens is 156 g/mol. The van der Waals surface area contributed by atoms with Gasteiger partial charge in [0, 0.05) is 6.42 Å². The zero-order chi connectivity index (χ0) is 8.97. The van der Waals surface area contributed by atoms with Crippen molar-refractivity contribution in [1.29, 1.82) is 0 Å². The number of ether oxygens (including phenoxy) is 1. The Hall–Kier alpha value is -1.12. The molecule has 0 saturated heterocycles. The highest BCUT2D eigenvalue weighted by atomic mass is 16.5. The summed E-state index contributed by atoms with van der Waals surface area (Å²) < 4.78 is 4.80. The molecule has 0 bridgehead atoms. The van der Waals surface area contributed by atoms with Gasteiger partial charge in [-0.1, -0.05) is 6.08 Å². The Morgan fingerprint density at radius 3 is 3.08 bits per heavy atom. The molecule has 0 unspecified atom stereocenters. The van der Waals surface area contributed by atoms with Crippen LogP contribution in [-0.2, 0) is 14.3 Å².